The third kappa shape index (κ3) is 5.04. The van der Waals surface area contributed by atoms with Gasteiger partial charge < -0.3 is 15.0 Å². The van der Waals surface area contributed by atoms with Crippen molar-refractivity contribution in [2.75, 3.05) is 26.2 Å². The zero-order valence-electron chi connectivity index (χ0n) is 11.4. The molecular weight excluding hydrogens is 216 g/mol. The fourth-order valence-electron chi connectivity index (χ4n) is 2.19. The van der Waals surface area contributed by atoms with Crippen LogP contribution in [0, 0.1) is 0 Å². The summed E-state index contributed by atoms with van der Waals surface area (Å²) in [5.74, 6) is 0.146. The van der Waals surface area contributed by atoms with Crippen LogP contribution in [0.5, 0.6) is 0 Å². The van der Waals surface area contributed by atoms with Crippen LogP contribution in [0.25, 0.3) is 0 Å². The lowest BCUT2D eigenvalue weighted by atomic mass is 10.0. The van der Waals surface area contributed by atoms with Crippen molar-refractivity contribution in [1.82, 2.24) is 10.2 Å². The molecule has 1 rings (SSSR count). The van der Waals surface area contributed by atoms with Gasteiger partial charge in [-0.05, 0) is 46.2 Å². The molecule has 1 saturated heterocycles. The van der Waals surface area contributed by atoms with Crippen LogP contribution >= 0.6 is 0 Å². The van der Waals surface area contributed by atoms with Gasteiger partial charge in [0.25, 0.3) is 0 Å². The van der Waals surface area contributed by atoms with Crippen LogP contribution < -0.4 is 5.32 Å². The van der Waals surface area contributed by atoms with Gasteiger partial charge in [0, 0.05) is 12.6 Å². The summed E-state index contributed by atoms with van der Waals surface area (Å²) < 4.78 is 5.41. The van der Waals surface area contributed by atoms with E-state index in [-0.39, 0.29) is 18.6 Å². The first-order valence-electron chi connectivity index (χ1n) is 6.77. The van der Waals surface area contributed by atoms with Gasteiger partial charge in [-0.2, -0.15) is 0 Å². The van der Waals surface area contributed by atoms with E-state index in [2.05, 4.69) is 12.2 Å². The van der Waals surface area contributed by atoms with Crippen molar-refractivity contribution in [1.29, 1.82) is 0 Å². The molecule has 0 spiro atoms. The molecule has 1 N–H and O–H groups in total. The summed E-state index contributed by atoms with van der Waals surface area (Å²) in [6.07, 6.45) is 3.26. The smallest absolute Gasteiger partial charge is 0.248 e. The van der Waals surface area contributed by atoms with E-state index in [1.165, 1.54) is 0 Å². The van der Waals surface area contributed by atoms with Crippen LogP contribution in [0.4, 0.5) is 0 Å². The molecular formula is C13H26N2O2. The Labute approximate surface area is 105 Å². The van der Waals surface area contributed by atoms with E-state index in [0.29, 0.717) is 6.04 Å². The molecule has 0 saturated carbocycles. The highest BCUT2D eigenvalue weighted by molar-refractivity contribution is 5.77. The number of hydrogen-bond donors (Lipinski definition) is 1. The highest BCUT2D eigenvalue weighted by Crippen LogP contribution is 2.13. The van der Waals surface area contributed by atoms with Gasteiger partial charge in [-0.1, -0.05) is 6.92 Å². The number of nitrogens with one attached hydrogen (secondary N) is 1. The summed E-state index contributed by atoms with van der Waals surface area (Å²) in [6, 6.07) is 0.402. The van der Waals surface area contributed by atoms with E-state index < -0.39 is 0 Å². The number of piperidine rings is 1. The Hall–Kier alpha value is -0.610. The Kier molecular flexibility index (Phi) is 6.52. The number of carbonyl (C=O) groups excluding carboxylic acids is 1. The van der Waals surface area contributed by atoms with Crippen molar-refractivity contribution >= 4 is 5.91 Å². The maximum atomic E-state index is 12.1. The maximum absolute atomic E-state index is 12.1. The fourth-order valence-corrected chi connectivity index (χ4v) is 2.19. The quantitative estimate of drug-likeness (QED) is 0.765. The standard InChI is InChI=1S/C13H26N2O2/c1-4-9-15(12-5-7-14-8-6-12)13(16)10-17-11(2)3/h11-12,14H,4-10H2,1-3H3. The maximum Gasteiger partial charge on any atom is 0.248 e. The molecule has 4 heteroatoms. The predicted molar refractivity (Wildman–Crippen MR) is 69.0 cm³/mol. The van der Waals surface area contributed by atoms with E-state index in [1.54, 1.807) is 0 Å². The number of nitrogens with zero attached hydrogens (tertiary/aromatic N) is 1. The molecule has 17 heavy (non-hydrogen) atoms. The predicted octanol–water partition coefficient (Wildman–Crippen LogP) is 1.40. The molecule has 0 unspecified atom stereocenters. The Morgan fingerprint density at radius 3 is 2.59 bits per heavy atom. The van der Waals surface area contributed by atoms with Crippen molar-refractivity contribution < 1.29 is 9.53 Å². The summed E-state index contributed by atoms with van der Waals surface area (Å²) in [6.45, 7) is 9.15. The number of hydrogen-bond acceptors (Lipinski definition) is 3. The van der Waals surface area contributed by atoms with Gasteiger partial charge >= 0.3 is 0 Å². The van der Waals surface area contributed by atoms with E-state index >= 15 is 0 Å². The van der Waals surface area contributed by atoms with Crippen molar-refractivity contribution in [2.24, 2.45) is 0 Å². The van der Waals surface area contributed by atoms with Gasteiger partial charge in [-0.3, -0.25) is 4.79 Å². The second-order valence-electron chi connectivity index (χ2n) is 4.93. The SMILES string of the molecule is CCCN(C(=O)COC(C)C)C1CCNCC1. The van der Waals surface area contributed by atoms with E-state index in [9.17, 15) is 4.79 Å². The van der Waals surface area contributed by atoms with E-state index in [4.69, 9.17) is 4.74 Å². The first kappa shape index (κ1) is 14.5. The number of carbonyl (C=O) groups is 1. The summed E-state index contributed by atoms with van der Waals surface area (Å²) >= 11 is 0. The summed E-state index contributed by atoms with van der Waals surface area (Å²) in [7, 11) is 0. The first-order valence-corrected chi connectivity index (χ1v) is 6.77. The molecule has 1 aliphatic rings. The number of rotatable bonds is 6. The van der Waals surface area contributed by atoms with E-state index in [1.807, 2.05) is 18.7 Å². The minimum absolute atomic E-state index is 0.121. The largest absolute Gasteiger partial charge is 0.369 e. The molecule has 0 aromatic rings. The molecule has 100 valence electrons. The minimum Gasteiger partial charge on any atom is -0.369 e. The average Bonchev–Trinajstić information content (AvgIpc) is 2.34. The summed E-state index contributed by atoms with van der Waals surface area (Å²) in [5, 5.41) is 3.33. The molecule has 0 atom stereocenters. The minimum atomic E-state index is 0.121. The van der Waals surface area contributed by atoms with Crippen LogP contribution in [0.15, 0.2) is 0 Å². The fraction of sp³-hybridized carbons (Fsp3) is 0.923. The number of amides is 1. The number of ether oxygens (including phenoxy) is 1. The molecule has 1 aliphatic heterocycles. The van der Waals surface area contributed by atoms with Gasteiger partial charge in [-0.15, -0.1) is 0 Å². The summed E-state index contributed by atoms with van der Waals surface area (Å²) in [4.78, 5) is 14.1. The van der Waals surface area contributed by atoms with Crippen molar-refractivity contribution in [3.8, 4) is 0 Å². The molecule has 1 heterocycles. The highest BCUT2D eigenvalue weighted by Gasteiger charge is 2.24. The molecule has 0 bridgehead atoms. The molecule has 0 aromatic heterocycles. The lowest BCUT2D eigenvalue weighted by Crippen LogP contribution is -2.47. The topological polar surface area (TPSA) is 41.6 Å². The van der Waals surface area contributed by atoms with Crippen molar-refractivity contribution in [3.05, 3.63) is 0 Å². The third-order valence-electron chi connectivity index (χ3n) is 3.07. The summed E-state index contributed by atoms with van der Waals surface area (Å²) in [5.41, 5.74) is 0. The first-order chi connectivity index (χ1) is 8.15. The molecule has 1 amide bonds. The van der Waals surface area contributed by atoms with E-state index in [0.717, 1.165) is 38.9 Å². The van der Waals surface area contributed by atoms with Crippen LogP contribution in [0.1, 0.15) is 40.0 Å². The lowest BCUT2D eigenvalue weighted by molar-refractivity contribution is -0.140. The van der Waals surface area contributed by atoms with Gasteiger partial charge in [0.05, 0.1) is 6.10 Å². The van der Waals surface area contributed by atoms with Crippen LogP contribution in [-0.2, 0) is 9.53 Å². The molecule has 0 aromatic carbocycles. The Morgan fingerprint density at radius 2 is 2.06 bits per heavy atom. The van der Waals surface area contributed by atoms with Crippen molar-refractivity contribution in [2.45, 2.75) is 52.2 Å². The van der Waals surface area contributed by atoms with Gasteiger partial charge in [0.15, 0.2) is 0 Å². The Morgan fingerprint density at radius 1 is 1.41 bits per heavy atom. The molecule has 4 nitrogen and oxygen atoms in total. The Balaban J connectivity index is 2.47. The molecule has 0 radical (unpaired) electrons. The zero-order valence-corrected chi connectivity index (χ0v) is 11.4. The lowest BCUT2D eigenvalue weighted by Gasteiger charge is -2.34. The second kappa shape index (κ2) is 7.67. The van der Waals surface area contributed by atoms with Crippen LogP contribution in [0.3, 0.4) is 0 Å². The van der Waals surface area contributed by atoms with Gasteiger partial charge in [0.1, 0.15) is 6.61 Å². The molecule has 1 fully saturated rings. The normalized spacial score (nSPS) is 17.4. The van der Waals surface area contributed by atoms with Crippen LogP contribution in [-0.4, -0.2) is 49.2 Å². The average molecular weight is 242 g/mol. The zero-order chi connectivity index (χ0) is 12.7. The van der Waals surface area contributed by atoms with Gasteiger partial charge in [-0.25, -0.2) is 0 Å². The second-order valence-corrected chi connectivity index (χ2v) is 4.93. The highest BCUT2D eigenvalue weighted by atomic mass is 16.5. The Bertz CT molecular complexity index is 225. The van der Waals surface area contributed by atoms with Crippen LogP contribution in [0.2, 0.25) is 0 Å². The van der Waals surface area contributed by atoms with Gasteiger partial charge in [0.2, 0.25) is 5.91 Å². The molecule has 0 aliphatic carbocycles. The monoisotopic (exact) mass is 242 g/mol. The third-order valence-corrected chi connectivity index (χ3v) is 3.07. The van der Waals surface area contributed by atoms with Crippen molar-refractivity contribution in [3.63, 3.8) is 0 Å².